The molecule has 6 aromatic heterocycles. The molecule has 0 radical (unpaired) electrons. The van der Waals surface area contributed by atoms with E-state index in [4.69, 9.17) is 16.6 Å². The van der Waals surface area contributed by atoms with Crippen LogP contribution in [0.1, 0.15) is 0 Å². The van der Waals surface area contributed by atoms with Gasteiger partial charge >= 0.3 is 0 Å². The Morgan fingerprint density at radius 1 is 0.259 bits per heavy atom. The maximum atomic E-state index is 5.71. The van der Waals surface area contributed by atoms with Crippen LogP contribution in [0.25, 0.3) is 148 Å². The van der Waals surface area contributed by atoms with Crippen LogP contribution in [0.4, 0.5) is 0 Å². The Labute approximate surface area is 494 Å². The monoisotopic (exact) mass is 1110 g/mol. The van der Waals surface area contributed by atoms with Crippen molar-refractivity contribution in [3.63, 3.8) is 0 Å². The Balaban J connectivity index is 0.000000120. The first-order valence-electron chi connectivity index (χ1n) is 28.7. The van der Waals surface area contributed by atoms with Crippen LogP contribution in [0.5, 0.6) is 0 Å². The van der Waals surface area contributed by atoms with E-state index in [1.807, 2.05) is 36.4 Å². The van der Waals surface area contributed by atoms with E-state index in [-0.39, 0.29) is 0 Å². The number of H-pyrrole nitrogens is 1. The third kappa shape index (κ3) is 8.74. The number of hydrogen-bond donors (Lipinski definition) is 1. The van der Waals surface area contributed by atoms with Gasteiger partial charge in [0, 0.05) is 76.3 Å². The number of hydrogen-bond acceptors (Lipinski definition) is 2. The molecule has 0 amide bonds. The van der Waals surface area contributed by atoms with Gasteiger partial charge in [0.1, 0.15) is 11.0 Å². The number of rotatable bonds is 5. The number of nitrogens with one attached hydrogen (secondary N) is 1. The lowest BCUT2D eigenvalue weighted by Crippen LogP contribution is -1.97. The molecule has 7 heteroatoms. The van der Waals surface area contributed by atoms with Gasteiger partial charge in [0.15, 0.2) is 0 Å². The highest BCUT2D eigenvalue weighted by Crippen LogP contribution is 2.40. The highest BCUT2D eigenvalue weighted by Gasteiger charge is 2.18. The summed E-state index contributed by atoms with van der Waals surface area (Å²) in [6, 6.07) is 107. The predicted molar refractivity (Wildman–Crippen MR) is 358 cm³/mol. The molecule has 0 atom stereocenters. The third-order valence-electron chi connectivity index (χ3n) is 16.6. The van der Waals surface area contributed by atoms with E-state index >= 15 is 0 Å². The van der Waals surface area contributed by atoms with Gasteiger partial charge in [-0.25, -0.2) is 9.97 Å². The van der Waals surface area contributed by atoms with Gasteiger partial charge in [-0.05, 0) is 156 Å². The SMILES string of the molecule is Clc1ccc2ccccc2n1.c1ccc(-n2c3ccccc3c3cc(-c4ccc5[nH]c6ccccc6c5c4)ccc32)cc1.c1ccc(-n2c3ccccc3c3cc(-c4ccc5c(c4)c4ccccc4n5-c4ccc5ccccc5n4)ccc32)cc1. The number of halogens is 1. The lowest BCUT2D eigenvalue weighted by Gasteiger charge is -2.09. The molecule has 0 saturated heterocycles. The molecule has 0 aliphatic carbocycles. The van der Waals surface area contributed by atoms with Crippen LogP contribution in [-0.2, 0) is 0 Å². The van der Waals surface area contributed by atoms with E-state index in [0.29, 0.717) is 5.15 Å². The molecule has 0 fully saturated rings. The summed E-state index contributed by atoms with van der Waals surface area (Å²) < 4.78 is 7.01. The largest absolute Gasteiger partial charge is 0.355 e. The summed E-state index contributed by atoms with van der Waals surface area (Å²) in [5.74, 6) is 0.933. The van der Waals surface area contributed by atoms with Crippen molar-refractivity contribution in [1.82, 2.24) is 28.7 Å². The molecule has 0 saturated carbocycles. The number of aromatic nitrogens is 6. The number of pyridine rings is 2. The molecule has 0 bridgehead atoms. The predicted octanol–water partition coefficient (Wildman–Crippen LogP) is 21.1. The molecule has 18 rings (SSSR count). The summed E-state index contributed by atoms with van der Waals surface area (Å²) in [6.07, 6.45) is 0. The number of aromatic amines is 1. The van der Waals surface area contributed by atoms with Crippen molar-refractivity contribution in [2.24, 2.45) is 0 Å². The number of para-hydroxylation sites is 8. The van der Waals surface area contributed by atoms with Crippen molar-refractivity contribution in [2.45, 2.75) is 0 Å². The van der Waals surface area contributed by atoms with E-state index in [9.17, 15) is 0 Å². The zero-order valence-electron chi connectivity index (χ0n) is 46.0. The zero-order valence-corrected chi connectivity index (χ0v) is 46.7. The van der Waals surface area contributed by atoms with Gasteiger partial charge in [0.05, 0.1) is 44.1 Å². The van der Waals surface area contributed by atoms with Gasteiger partial charge in [-0.2, -0.15) is 0 Å². The maximum Gasteiger partial charge on any atom is 0.138 e. The highest BCUT2D eigenvalue weighted by atomic mass is 35.5. The molecule has 0 spiro atoms. The number of nitrogens with zero attached hydrogens (tertiary/aromatic N) is 5. The Hall–Kier alpha value is -11.1. The standard InChI is InChI=1S/C39H25N3.C30H20N2.C9H6ClN/c1-2-11-29(12-3-1)41-35-16-8-5-13-30(35)32-24-27(18-21-37(32)41)28-19-22-38-33(25-28)31-14-6-9-17-36(31)42(38)39-23-20-26-10-4-7-15-34(26)40-39;1-2-8-22(9-3-1)32-29-13-7-5-11-24(29)26-19-21(15-17-30(26)32)20-14-16-28-25(18-20)23-10-4-6-12-27(23)31-28;10-9-6-5-7-3-1-2-4-8(7)11-9/h1-25H;1-19,31H;1-6H. The van der Waals surface area contributed by atoms with Crippen LogP contribution in [0.2, 0.25) is 5.15 Å². The summed E-state index contributed by atoms with van der Waals surface area (Å²) in [4.78, 5) is 12.7. The van der Waals surface area contributed by atoms with Crippen molar-refractivity contribution in [2.75, 3.05) is 0 Å². The van der Waals surface area contributed by atoms with E-state index in [0.717, 1.165) is 38.7 Å². The van der Waals surface area contributed by atoms with Crippen LogP contribution in [0.3, 0.4) is 0 Å². The first-order valence-corrected chi connectivity index (χ1v) is 29.0. The minimum absolute atomic E-state index is 0.545. The van der Waals surface area contributed by atoms with Crippen molar-refractivity contribution in [1.29, 1.82) is 0 Å². The fraction of sp³-hybridized carbons (Fsp3) is 0. The molecule has 400 valence electrons. The van der Waals surface area contributed by atoms with Gasteiger partial charge in [-0.3, -0.25) is 4.57 Å². The molecule has 18 aromatic rings. The smallest absolute Gasteiger partial charge is 0.138 e. The molecule has 0 aliphatic rings. The maximum absolute atomic E-state index is 5.71. The van der Waals surface area contributed by atoms with E-state index in [2.05, 4.69) is 285 Å². The Kier molecular flexibility index (Phi) is 12.1. The average Bonchev–Trinajstić information content (AvgIpc) is 3.08. The first kappa shape index (κ1) is 49.7. The van der Waals surface area contributed by atoms with Crippen LogP contribution in [0.15, 0.2) is 303 Å². The molecule has 12 aromatic carbocycles. The van der Waals surface area contributed by atoms with Crippen LogP contribution >= 0.6 is 11.6 Å². The van der Waals surface area contributed by atoms with Crippen molar-refractivity contribution in [3.8, 4) is 39.4 Å². The second-order valence-corrected chi connectivity index (χ2v) is 21.9. The second kappa shape index (κ2) is 20.7. The van der Waals surface area contributed by atoms with Crippen LogP contribution in [0, 0.1) is 0 Å². The summed E-state index contributed by atoms with van der Waals surface area (Å²) in [6.45, 7) is 0. The summed E-state index contributed by atoms with van der Waals surface area (Å²) in [5.41, 5.74) is 18.8. The molecule has 85 heavy (non-hydrogen) atoms. The van der Waals surface area contributed by atoms with Gasteiger partial charge in [-0.15, -0.1) is 0 Å². The average molecular weight is 1110 g/mol. The molecular weight excluding hydrogens is 1060 g/mol. The molecular formula is C78H51ClN6. The topological polar surface area (TPSA) is 56.4 Å². The van der Waals surface area contributed by atoms with Gasteiger partial charge in [0.25, 0.3) is 0 Å². The minimum atomic E-state index is 0.545. The first-order chi connectivity index (χ1) is 42.1. The van der Waals surface area contributed by atoms with Gasteiger partial charge in [0.2, 0.25) is 0 Å². The molecule has 0 unspecified atom stereocenters. The lowest BCUT2D eigenvalue weighted by atomic mass is 10.0. The second-order valence-electron chi connectivity index (χ2n) is 21.5. The quantitative estimate of drug-likeness (QED) is 0.175. The van der Waals surface area contributed by atoms with Gasteiger partial charge in [-0.1, -0.05) is 181 Å². The van der Waals surface area contributed by atoms with E-state index < -0.39 is 0 Å². The lowest BCUT2D eigenvalue weighted by molar-refractivity contribution is 1.10. The fourth-order valence-electron chi connectivity index (χ4n) is 12.7. The fourth-order valence-corrected chi connectivity index (χ4v) is 12.8. The summed E-state index contributed by atoms with van der Waals surface area (Å²) in [5, 5.41) is 12.9. The van der Waals surface area contributed by atoms with Crippen LogP contribution < -0.4 is 0 Å². The molecule has 6 nitrogen and oxygen atoms in total. The Bertz CT molecular complexity index is 5580. The molecule has 1 N–H and O–H groups in total. The third-order valence-corrected chi connectivity index (χ3v) is 16.8. The summed E-state index contributed by atoms with van der Waals surface area (Å²) >= 11 is 5.71. The molecule has 6 heterocycles. The number of fused-ring (bicyclic) bond motifs is 14. The summed E-state index contributed by atoms with van der Waals surface area (Å²) in [7, 11) is 0. The zero-order chi connectivity index (χ0) is 56.4. The van der Waals surface area contributed by atoms with Crippen molar-refractivity contribution >= 4 is 121 Å². The number of benzene rings is 12. The van der Waals surface area contributed by atoms with E-state index in [1.165, 1.54) is 110 Å². The van der Waals surface area contributed by atoms with E-state index in [1.54, 1.807) is 6.07 Å². The van der Waals surface area contributed by atoms with Crippen LogP contribution in [-0.4, -0.2) is 28.7 Å². The Morgan fingerprint density at radius 2 is 0.635 bits per heavy atom. The Morgan fingerprint density at radius 3 is 1.18 bits per heavy atom. The minimum Gasteiger partial charge on any atom is -0.355 e. The van der Waals surface area contributed by atoms with Crippen molar-refractivity contribution in [3.05, 3.63) is 308 Å². The highest BCUT2D eigenvalue weighted by molar-refractivity contribution is 6.29. The van der Waals surface area contributed by atoms with Crippen molar-refractivity contribution < 1.29 is 0 Å². The molecule has 0 aliphatic heterocycles. The normalized spacial score (nSPS) is 11.6. The van der Waals surface area contributed by atoms with Gasteiger partial charge < -0.3 is 14.1 Å².